The first-order chi connectivity index (χ1) is 8.56. The first-order valence-corrected chi connectivity index (χ1v) is 7.57. The molecule has 98 valence electrons. The van der Waals surface area contributed by atoms with Gasteiger partial charge in [0.1, 0.15) is 11.6 Å². The lowest BCUT2D eigenvalue weighted by Gasteiger charge is -2.27. The Labute approximate surface area is 115 Å². The molecule has 1 aromatic carbocycles. The van der Waals surface area contributed by atoms with E-state index in [4.69, 9.17) is 0 Å². The molecule has 2 aliphatic carbocycles. The molecular weight excluding hydrogens is 298 g/mol. The molecule has 2 bridgehead atoms. The number of halogens is 3. The maximum Gasteiger partial charge on any atom is 0.130 e. The van der Waals surface area contributed by atoms with E-state index in [0.717, 1.165) is 17.9 Å². The van der Waals surface area contributed by atoms with Gasteiger partial charge in [0, 0.05) is 16.5 Å². The zero-order valence-electron chi connectivity index (χ0n) is 10.4. The molecule has 2 saturated carbocycles. The molecule has 4 unspecified atom stereocenters. The Morgan fingerprint density at radius 2 is 1.94 bits per heavy atom. The average Bonchev–Trinajstić information content (AvgIpc) is 2.95. The third-order valence-electron chi connectivity index (χ3n) is 4.74. The van der Waals surface area contributed by atoms with E-state index in [1.165, 1.54) is 25.7 Å². The minimum absolute atomic E-state index is 0.0344. The van der Waals surface area contributed by atoms with Gasteiger partial charge in [0.05, 0.1) is 0 Å². The summed E-state index contributed by atoms with van der Waals surface area (Å²) in [6.07, 6.45) is 5.11. The number of alkyl halides is 1. The van der Waals surface area contributed by atoms with Crippen molar-refractivity contribution in [3.05, 3.63) is 34.9 Å². The number of fused-ring (bicyclic) bond motifs is 2. The zero-order valence-corrected chi connectivity index (χ0v) is 12.0. The van der Waals surface area contributed by atoms with Crippen LogP contribution in [0.1, 0.15) is 41.6 Å². The normalized spacial score (nSPS) is 31.9. The minimum Gasteiger partial charge on any atom is -0.207 e. The second-order valence-electron chi connectivity index (χ2n) is 5.86. The quantitative estimate of drug-likeness (QED) is 0.663. The molecule has 0 radical (unpaired) electrons. The number of hydrogen-bond acceptors (Lipinski definition) is 0. The fraction of sp³-hybridized carbons (Fsp3) is 0.600. The molecule has 0 nitrogen and oxygen atoms in total. The smallest absolute Gasteiger partial charge is 0.130 e. The maximum atomic E-state index is 13.9. The predicted octanol–water partition coefficient (Wildman–Crippen LogP) is 5.15. The van der Waals surface area contributed by atoms with Gasteiger partial charge in [-0.1, -0.05) is 22.4 Å². The van der Waals surface area contributed by atoms with Crippen LogP contribution in [0.15, 0.2) is 12.1 Å². The first-order valence-electron chi connectivity index (χ1n) is 6.66. The lowest BCUT2D eigenvalue weighted by molar-refractivity contribution is 0.326. The molecule has 0 saturated heterocycles. The molecule has 1 aromatic rings. The highest BCUT2D eigenvalue weighted by atomic mass is 79.9. The number of hydrogen-bond donors (Lipinski definition) is 0. The molecule has 2 fully saturated rings. The van der Waals surface area contributed by atoms with Crippen molar-refractivity contribution in [2.24, 2.45) is 17.8 Å². The van der Waals surface area contributed by atoms with Gasteiger partial charge in [-0.2, -0.15) is 0 Å². The van der Waals surface area contributed by atoms with Gasteiger partial charge in [0.25, 0.3) is 0 Å². The summed E-state index contributed by atoms with van der Waals surface area (Å²) in [5, 5.41) is 0. The van der Waals surface area contributed by atoms with Crippen LogP contribution in [-0.4, -0.2) is 0 Å². The summed E-state index contributed by atoms with van der Waals surface area (Å²) in [6, 6.07) is 2.68. The molecule has 0 aromatic heterocycles. The Bertz CT molecular complexity index is 472. The molecule has 0 aliphatic heterocycles. The van der Waals surface area contributed by atoms with E-state index in [1.54, 1.807) is 13.0 Å². The Morgan fingerprint density at radius 1 is 1.17 bits per heavy atom. The van der Waals surface area contributed by atoms with Gasteiger partial charge in [-0.05, 0) is 55.6 Å². The van der Waals surface area contributed by atoms with E-state index in [-0.39, 0.29) is 4.83 Å². The third kappa shape index (κ3) is 2.01. The molecule has 0 spiro atoms. The highest BCUT2D eigenvalue weighted by Gasteiger charge is 2.43. The van der Waals surface area contributed by atoms with Crippen molar-refractivity contribution < 1.29 is 8.78 Å². The van der Waals surface area contributed by atoms with Crippen LogP contribution in [0.25, 0.3) is 0 Å². The van der Waals surface area contributed by atoms with E-state index in [2.05, 4.69) is 15.9 Å². The molecule has 4 atom stereocenters. The lowest BCUT2D eigenvalue weighted by Crippen LogP contribution is -2.16. The molecule has 0 N–H and O–H groups in total. The summed E-state index contributed by atoms with van der Waals surface area (Å²) in [5.74, 6) is 1.21. The Balaban J connectivity index is 1.88. The van der Waals surface area contributed by atoms with Crippen molar-refractivity contribution in [1.29, 1.82) is 0 Å². The molecular formula is C15H17BrF2. The van der Waals surface area contributed by atoms with Crippen LogP contribution >= 0.6 is 15.9 Å². The molecule has 3 rings (SSSR count). The van der Waals surface area contributed by atoms with Gasteiger partial charge >= 0.3 is 0 Å². The Hall–Kier alpha value is -0.440. The zero-order chi connectivity index (χ0) is 12.9. The van der Waals surface area contributed by atoms with Crippen molar-refractivity contribution in [3.63, 3.8) is 0 Å². The van der Waals surface area contributed by atoms with Crippen molar-refractivity contribution in [2.45, 2.75) is 37.4 Å². The summed E-state index contributed by atoms with van der Waals surface area (Å²) in [4.78, 5) is 0.0344. The summed E-state index contributed by atoms with van der Waals surface area (Å²) in [6.45, 7) is 1.69. The van der Waals surface area contributed by atoms with Gasteiger partial charge in [0.2, 0.25) is 0 Å². The van der Waals surface area contributed by atoms with Gasteiger partial charge in [-0.3, -0.25) is 0 Å². The van der Waals surface area contributed by atoms with Crippen LogP contribution < -0.4 is 0 Å². The van der Waals surface area contributed by atoms with Crippen molar-refractivity contribution in [1.82, 2.24) is 0 Å². The highest BCUT2D eigenvalue weighted by Crippen LogP contribution is 2.55. The van der Waals surface area contributed by atoms with Gasteiger partial charge in [0.15, 0.2) is 0 Å². The number of aryl methyl sites for hydroxylation is 1. The molecule has 0 heterocycles. The fourth-order valence-electron chi connectivity index (χ4n) is 3.77. The highest BCUT2D eigenvalue weighted by molar-refractivity contribution is 9.09. The predicted molar refractivity (Wildman–Crippen MR) is 71.7 cm³/mol. The SMILES string of the molecule is Cc1cc(C(Br)C2CC3CCC2C3)c(F)cc1F. The lowest BCUT2D eigenvalue weighted by atomic mass is 9.84. The maximum absolute atomic E-state index is 13.9. The number of benzene rings is 1. The van der Waals surface area contributed by atoms with Crippen molar-refractivity contribution in [2.75, 3.05) is 0 Å². The van der Waals surface area contributed by atoms with Crippen molar-refractivity contribution in [3.8, 4) is 0 Å². The van der Waals surface area contributed by atoms with Gasteiger partial charge < -0.3 is 0 Å². The minimum atomic E-state index is -0.455. The van der Waals surface area contributed by atoms with E-state index < -0.39 is 11.6 Å². The average molecular weight is 315 g/mol. The molecule has 3 heteroatoms. The summed E-state index contributed by atoms with van der Waals surface area (Å²) in [7, 11) is 0. The van der Waals surface area contributed by atoms with Gasteiger partial charge in [-0.25, -0.2) is 8.78 Å². The standard InChI is InChI=1S/C15H17BrF2/c1-8-4-12(14(18)7-13(8)17)15(16)11-6-9-2-3-10(11)5-9/h4,7,9-11,15H,2-3,5-6H2,1H3. The largest absolute Gasteiger partial charge is 0.207 e. The third-order valence-corrected chi connectivity index (χ3v) is 5.92. The summed E-state index contributed by atoms with van der Waals surface area (Å²) in [5.41, 5.74) is 1.16. The fourth-order valence-corrected chi connectivity index (χ4v) is 4.77. The van der Waals surface area contributed by atoms with Crippen LogP contribution in [0, 0.1) is 36.3 Å². The monoisotopic (exact) mass is 314 g/mol. The van der Waals surface area contributed by atoms with E-state index in [1.807, 2.05) is 0 Å². The second kappa shape index (κ2) is 4.59. The van der Waals surface area contributed by atoms with Crippen LogP contribution in [0.4, 0.5) is 8.78 Å². The Kier molecular flexibility index (Phi) is 3.21. The van der Waals surface area contributed by atoms with E-state index >= 15 is 0 Å². The Morgan fingerprint density at radius 3 is 2.56 bits per heavy atom. The van der Waals surface area contributed by atoms with Crippen LogP contribution in [-0.2, 0) is 0 Å². The van der Waals surface area contributed by atoms with Crippen LogP contribution in [0.2, 0.25) is 0 Å². The van der Waals surface area contributed by atoms with Crippen LogP contribution in [0.3, 0.4) is 0 Å². The van der Waals surface area contributed by atoms with E-state index in [9.17, 15) is 8.78 Å². The topological polar surface area (TPSA) is 0 Å². The van der Waals surface area contributed by atoms with Gasteiger partial charge in [-0.15, -0.1) is 0 Å². The summed E-state index contributed by atoms with van der Waals surface area (Å²) >= 11 is 3.66. The van der Waals surface area contributed by atoms with Crippen LogP contribution in [0.5, 0.6) is 0 Å². The summed E-state index contributed by atoms with van der Waals surface area (Å²) < 4.78 is 27.2. The number of rotatable bonds is 2. The van der Waals surface area contributed by atoms with E-state index in [0.29, 0.717) is 17.0 Å². The first kappa shape index (κ1) is 12.6. The van der Waals surface area contributed by atoms with Crippen molar-refractivity contribution >= 4 is 15.9 Å². The molecule has 0 amide bonds. The molecule has 18 heavy (non-hydrogen) atoms. The second-order valence-corrected chi connectivity index (χ2v) is 6.85. The molecule has 2 aliphatic rings.